The first-order valence-electron chi connectivity index (χ1n) is 4.52. The molecule has 0 aromatic rings. The zero-order chi connectivity index (χ0) is 7.84. The van der Waals surface area contributed by atoms with Crippen molar-refractivity contribution in [1.82, 2.24) is 0 Å². The molecule has 2 saturated carbocycles. The van der Waals surface area contributed by atoms with Gasteiger partial charge in [0.1, 0.15) is 0 Å². The maximum absolute atomic E-state index is 11.4. The van der Waals surface area contributed by atoms with Crippen LogP contribution in [-0.4, -0.2) is 5.78 Å². The van der Waals surface area contributed by atoms with Gasteiger partial charge in [0.25, 0.3) is 0 Å². The molecule has 1 nitrogen and oxygen atoms in total. The predicted molar refractivity (Wildman–Crippen MR) is 44.2 cm³/mol. The first kappa shape index (κ1) is 7.08. The largest absolute Gasteiger partial charge is 0.295 e. The molecule has 0 amide bonds. The molecule has 0 saturated heterocycles. The van der Waals surface area contributed by atoms with E-state index in [4.69, 9.17) is 0 Å². The van der Waals surface area contributed by atoms with Crippen LogP contribution < -0.4 is 0 Å². The molecule has 0 bridgehead atoms. The normalized spacial score (nSPS) is 40.1. The third-order valence-corrected chi connectivity index (χ3v) is 3.14. The van der Waals surface area contributed by atoms with Gasteiger partial charge in [-0.3, -0.25) is 4.79 Å². The Labute approximate surface area is 67.5 Å². The monoisotopic (exact) mass is 150 g/mol. The molecule has 2 fully saturated rings. The number of hydrogen-bond donors (Lipinski definition) is 0. The molecule has 0 radical (unpaired) electrons. The van der Waals surface area contributed by atoms with Crippen LogP contribution in [-0.2, 0) is 4.79 Å². The molecule has 0 spiro atoms. The molecule has 0 aliphatic heterocycles. The number of allylic oxidation sites excluding steroid dienone is 2. The number of rotatable bonds is 0. The molecular weight excluding hydrogens is 136 g/mol. The lowest BCUT2D eigenvalue weighted by molar-refractivity contribution is -0.114. The maximum atomic E-state index is 11.4. The number of ketones is 1. The molecular formula is C10H14O. The van der Waals surface area contributed by atoms with Gasteiger partial charge >= 0.3 is 0 Å². The van der Waals surface area contributed by atoms with Crippen LogP contribution in [0.5, 0.6) is 0 Å². The standard InChI is InChI=1S/C10H14O/c1-2-8-9-5-3-4-7(9)6-10(8)11/h2,7,9H,3-6H2,1H3/b8-2+/t7-,9-/m1/s1. The Morgan fingerprint density at radius 2 is 2.27 bits per heavy atom. The van der Waals surface area contributed by atoms with Gasteiger partial charge in [0.05, 0.1) is 0 Å². The fraction of sp³-hybridized carbons (Fsp3) is 0.700. The highest BCUT2D eigenvalue weighted by molar-refractivity contribution is 5.98. The fourth-order valence-corrected chi connectivity index (χ4v) is 2.63. The second-order valence-corrected chi connectivity index (χ2v) is 3.67. The number of hydrogen-bond acceptors (Lipinski definition) is 1. The molecule has 2 aliphatic rings. The van der Waals surface area contributed by atoms with Crippen LogP contribution in [0.15, 0.2) is 11.6 Å². The lowest BCUT2D eigenvalue weighted by Crippen LogP contribution is -2.00. The number of fused-ring (bicyclic) bond motifs is 1. The van der Waals surface area contributed by atoms with Crippen molar-refractivity contribution in [2.75, 3.05) is 0 Å². The topological polar surface area (TPSA) is 17.1 Å². The van der Waals surface area contributed by atoms with Gasteiger partial charge in [0.15, 0.2) is 5.78 Å². The van der Waals surface area contributed by atoms with E-state index < -0.39 is 0 Å². The van der Waals surface area contributed by atoms with Crippen molar-refractivity contribution in [3.8, 4) is 0 Å². The molecule has 2 aliphatic carbocycles. The summed E-state index contributed by atoms with van der Waals surface area (Å²) in [4.78, 5) is 11.4. The Bertz CT molecular complexity index is 215. The summed E-state index contributed by atoms with van der Waals surface area (Å²) in [6.07, 6.45) is 6.74. The van der Waals surface area contributed by atoms with Crippen molar-refractivity contribution in [2.45, 2.75) is 32.6 Å². The van der Waals surface area contributed by atoms with E-state index in [1.54, 1.807) is 0 Å². The SMILES string of the molecule is C/C=C1/C(=O)C[C@H]2CCC[C@@H]12. The molecule has 0 aromatic carbocycles. The van der Waals surface area contributed by atoms with Crippen molar-refractivity contribution in [2.24, 2.45) is 11.8 Å². The molecule has 1 heteroatoms. The van der Waals surface area contributed by atoms with E-state index in [1.165, 1.54) is 19.3 Å². The number of Topliss-reactive ketones (excluding diaryl/α,β-unsaturated/α-hetero) is 1. The van der Waals surface area contributed by atoms with Crippen LogP contribution >= 0.6 is 0 Å². The van der Waals surface area contributed by atoms with Gasteiger partial charge in [-0.15, -0.1) is 0 Å². The van der Waals surface area contributed by atoms with E-state index in [0.717, 1.165) is 12.0 Å². The molecule has 2 rings (SSSR count). The summed E-state index contributed by atoms with van der Waals surface area (Å²) < 4.78 is 0. The average Bonchev–Trinajstić information content (AvgIpc) is 2.46. The second-order valence-electron chi connectivity index (χ2n) is 3.67. The number of carbonyl (C=O) groups excluding carboxylic acids is 1. The molecule has 2 atom stereocenters. The minimum Gasteiger partial charge on any atom is -0.295 e. The minimum absolute atomic E-state index is 0.419. The lowest BCUT2D eigenvalue weighted by atomic mass is 9.97. The van der Waals surface area contributed by atoms with Crippen molar-refractivity contribution in [3.05, 3.63) is 11.6 Å². The summed E-state index contributed by atoms with van der Waals surface area (Å²) in [5.41, 5.74) is 1.13. The Hall–Kier alpha value is -0.590. The van der Waals surface area contributed by atoms with Crippen LogP contribution in [0.25, 0.3) is 0 Å². The van der Waals surface area contributed by atoms with E-state index in [1.807, 2.05) is 13.0 Å². The van der Waals surface area contributed by atoms with Gasteiger partial charge in [-0.1, -0.05) is 12.5 Å². The van der Waals surface area contributed by atoms with E-state index >= 15 is 0 Å². The predicted octanol–water partition coefficient (Wildman–Crippen LogP) is 2.32. The molecule has 0 heterocycles. The third-order valence-electron chi connectivity index (χ3n) is 3.14. The summed E-state index contributed by atoms with van der Waals surface area (Å²) in [6, 6.07) is 0. The quantitative estimate of drug-likeness (QED) is 0.484. The summed E-state index contributed by atoms with van der Waals surface area (Å²) in [7, 11) is 0. The van der Waals surface area contributed by atoms with Crippen molar-refractivity contribution < 1.29 is 4.79 Å². The molecule has 0 aromatic heterocycles. The zero-order valence-electron chi connectivity index (χ0n) is 6.97. The van der Waals surface area contributed by atoms with Gasteiger partial charge in [-0.25, -0.2) is 0 Å². The van der Waals surface area contributed by atoms with Crippen LogP contribution in [0.4, 0.5) is 0 Å². The molecule has 11 heavy (non-hydrogen) atoms. The van der Waals surface area contributed by atoms with Gasteiger partial charge < -0.3 is 0 Å². The summed E-state index contributed by atoms with van der Waals surface area (Å²) in [5.74, 6) is 1.78. The second kappa shape index (κ2) is 2.47. The highest BCUT2D eigenvalue weighted by Gasteiger charge is 2.39. The Kier molecular flexibility index (Phi) is 1.59. The van der Waals surface area contributed by atoms with Crippen molar-refractivity contribution >= 4 is 5.78 Å². The van der Waals surface area contributed by atoms with E-state index in [2.05, 4.69) is 0 Å². The van der Waals surface area contributed by atoms with Gasteiger partial charge in [0, 0.05) is 6.42 Å². The summed E-state index contributed by atoms with van der Waals surface area (Å²) in [5, 5.41) is 0. The van der Waals surface area contributed by atoms with Crippen LogP contribution in [0.1, 0.15) is 32.6 Å². The van der Waals surface area contributed by atoms with Gasteiger partial charge in [0.2, 0.25) is 0 Å². The third kappa shape index (κ3) is 0.943. The van der Waals surface area contributed by atoms with Crippen LogP contribution in [0, 0.1) is 11.8 Å². The Balaban J connectivity index is 2.27. The van der Waals surface area contributed by atoms with E-state index in [0.29, 0.717) is 17.6 Å². The summed E-state index contributed by atoms with van der Waals surface area (Å²) in [6.45, 7) is 1.99. The van der Waals surface area contributed by atoms with Crippen LogP contribution in [0.2, 0.25) is 0 Å². The Morgan fingerprint density at radius 3 is 3.00 bits per heavy atom. The van der Waals surface area contributed by atoms with E-state index in [-0.39, 0.29) is 0 Å². The first-order chi connectivity index (χ1) is 5.33. The van der Waals surface area contributed by atoms with E-state index in [9.17, 15) is 4.79 Å². The minimum atomic E-state index is 0.419. The summed E-state index contributed by atoms with van der Waals surface area (Å²) >= 11 is 0. The first-order valence-corrected chi connectivity index (χ1v) is 4.52. The Morgan fingerprint density at radius 1 is 1.45 bits per heavy atom. The fourth-order valence-electron chi connectivity index (χ4n) is 2.63. The molecule has 0 unspecified atom stereocenters. The molecule has 60 valence electrons. The van der Waals surface area contributed by atoms with Gasteiger partial charge in [-0.2, -0.15) is 0 Å². The lowest BCUT2D eigenvalue weighted by Gasteiger charge is -2.06. The highest BCUT2D eigenvalue weighted by atomic mass is 16.1. The molecule has 0 N–H and O–H groups in total. The zero-order valence-corrected chi connectivity index (χ0v) is 6.97. The average molecular weight is 150 g/mol. The van der Waals surface area contributed by atoms with Gasteiger partial charge in [-0.05, 0) is 37.2 Å². The van der Waals surface area contributed by atoms with Crippen LogP contribution in [0.3, 0.4) is 0 Å². The number of carbonyl (C=O) groups is 1. The smallest absolute Gasteiger partial charge is 0.159 e. The van der Waals surface area contributed by atoms with Crippen molar-refractivity contribution in [1.29, 1.82) is 0 Å². The highest BCUT2D eigenvalue weighted by Crippen LogP contribution is 2.45. The maximum Gasteiger partial charge on any atom is 0.159 e. The van der Waals surface area contributed by atoms with Crippen molar-refractivity contribution in [3.63, 3.8) is 0 Å².